The number of rotatable bonds is 3. The van der Waals surface area contributed by atoms with Crippen LogP contribution in [-0.2, 0) is 11.2 Å². The molecule has 2 N–H and O–H groups in total. The van der Waals surface area contributed by atoms with Crippen LogP contribution >= 0.6 is 0 Å². The van der Waals surface area contributed by atoms with Gasteiger partial charge in [0.05, 0.1) is 24.4 Å². The van der Waals surface area contributed by atoms with Crippen LogP contribution in [0.1, 0.15) is 22.3 Å². The summed E-state index contributed by atoms with van der Waals surface area (Å²) in [5.41, 5.74) is 2.09. The van der Waals surface area contributed by atoms with Crippen LogP contribution in [-0.4, -0.2) is 41.3 Å². The molecule has 1 aliphatic carbocycles. The third kappa shape index (κ3) is 2.61. The second-order valence-corrected chi connectivity index (χ2v) is 6.42. The Morgan fingerprint density at radius 3 is 2.69 bits per heavy atom. The molecule has 2 aliphatic rings. The smallest absolute Gasteiger partial charge is 0.414 e. The van der Waals surface area contributed by atoms with Crippen molar-refractivity contribution >= 4 is 17.6 Å². The monoisotopic (exact) mass is 357 g/mol. The van der Waals surface area contributed by atoms with Crippen molar-refractivity contribution in [1.82, 2.24) is 0 Å². The predicted molar refractivity (Wildman–Crippen MR) is 90.9 cm³/mol. The van der Waals surface area contributed by atoms with Gasteiger partial charge in [0, 0.05) is 12.0 Å². The minimum atomic E-state index is -0.634. The quantitative estimate of drug-likeness (QED) is 0.882. The van der Waals surface area contributed by atoms with Crippen molar-refractivity contribution in [2.45, 2.75) is 18.9 Å². The lowest BCUT2D eigenvalue weighted by molar-refractivity contribution is 0.0962. The highest BCUT2D eigenvalue weighted by molar-refractivity contribution is 6.03. The maximum atomic E-state index is 14.7. The van der Waals surface area contributed by atoms with Crippen LogP contribution in [0, 0.1) is 5.82 Å². The van der Waals surface area contributed by atoms with Gasteiger partial charge in [-0.25, -0.2) is 9.18 Å². The number of fused-ring (bicyclic) bond motifs is 1. The zero-order chi connectivity index (χ0) is 18.4. The Morgan fingerprint density at radius 1 is 1.19 bits per heavy atom. The first-order valence-corrected chi connectivity index (χ1v) is 8.26. The fourth-order valence-electron chi connectivity index (χ4n) is 3.47. The molecule has 7 heteroatoms. The van der Waals surface area contributed by atoms with Crippen LogP contribution in [0.15, 0.2) is 30.3 Å². The minimum absolute atomic E-state index is 0.106. The van der Waals surface area contributed by atoms with Crippen LogP contribution in [0.2, 0.25) is 0 Å². The normalized spacial score (nSPS) is 19.0. The number of carbonyl (C=O) groups excluding carboxylic acids is 2. The molecule has 134 valence electrons. The van der Waals surface area contributed by atoms with E-state index in [-0.39, 0.29) is 30.2 Å². The number of halogens is 1. The van der Waals surface area contributed by atoms with Crippen molar-refractivity contribution in [3.05, 3.63) is 47.3 Å². The summed E-state index contributed by atoms with van der Waals surface area (Å²) in [6, 6.07) is 7.40. The highest BCUT2D eigenvalue weighted by Crippen LogP contribution is 2.37. The second kappa shape index (κ2) is 6.10. The van der Waals surface area contributed by atoms with Gasteiger partial charge >= 0.3 is 6.09 Å². The molecule has 1 aliphatic heterocycles. The van der Waals surface area contributed by atoms with E-state index in [1.807, 2.05) is 0 Å². The van der Waals surface area contributed by atoms with Gasteiger partial charge in [-0.05, 0) is 41.8 Å². The predicted octanol–water partition coefficient (Wildman–Crippen LogP) is 2.64. The van der Waals surface area contributed by atoms with Gasteiger partial charge in [0.25, 0.3) is 0 Å². The third-order valence-electron chi connectivity index (χ3n) is 4.75. The largest absolute Gasteiger partial charge is 0.507 e. The number of cyclic esters (lactones) is 1. The average Bonchev–Trinajstić information content (AvgIpc) is 3.17. The number of anilines is 1. The van der Waals surface area contributed by atoms with Gasteiger partial charge < -0.3 is 14.9 Å². The lowest BCUT2D eigenvalue weighted by atomic mass is 9.98. The Balaban J connectivity index is 1.68. The Bertz CT molecular complexity index is 926. The first-order valence-electron chi connectivity index (χ1n) is 8.26. The number of phenols is 1. The maximum absolute atomic E-state index is 14.7. The average molecular weight is 357 g/mol. The number of phenolic OH excluding ortho intramolecular Hbond substituents is 1. The first kappa shape index (κ1) is 16.5. The molecule has 6 nitrogen and oxygen atoms in total. The van der Waals surface area contributed by atoms with Gasteiger partial charge in [-0.1, -0.05) is 6.07 Å². The Labute approximate surface area is 148 Å². The third-order valence-corrected chi connectivity index (χ3v) is 4.75. The minimum Gasteiger partial charge on any atom is -0.507 e. The van der Waals surface area contributed by atoms with Crippen molar-refractivity contribution in [2.75, 3.05) is 18.1 Å². The summed E-state index contributed by atoms with van der Waals surface area (Å²) < 4.78 is 19.6. The van der Waals surface area contributed by atoms with Gasteiger partial charge in [0.15, 0.2) is 5.78 Å². The Hall–Kier alpha value is -2.93. The zero-order valence-corrected chi connectivity index (χ0v) is 13.7. The Kier molecular flexibility index (Phi) is 3.88. The molecule has 0 aromatic heterocycles. The van der Waals surface area contributed by atoms with Gasteiger partial charge in [-0.3, -0.25) is 9.69 Å². The topological polar surface area (TPSA) is 87.1 Å². The first-order chi connectivity index (χ1) is 12.5. The number of Topliss-reactive ketones (excluding diaryl/α,β-unsaturated/α-hetero) is 1. The molecule has 1 heterocycles. The number of aryl methyl sites for hydroxylation is 1. The molecule has 2 aromatic rings. The number of ether oxygens (including phenoxy) is 1. The van der Waals surface area contributed by atoms with Crippen LogP contribution in [0.3, 0.4) is 0 Å². The number of hydrogen-bond acceptors (Lipinski definition) is 5. The fourth-order valence-corrected chi connectivity index (χ4v) is 3.47. The number of amides is 1. The van der Waals surface area contributed by atoms with Crippen molar-refractivity contribution in [2.24, 2.45) is 0 Å². The lowest BCUT2D eigenvalue weighted by Gasteiger charge is -2.15. The van der Waals surface area contributed by atoms with E-state index in [1.165, 1.54) is 23.1 Å². The number of carbonyl (C=O) groups is 2. The van der Waals surface area contributed by atoms with Crippen molar-refractivity contribution in [3.63, 3.8) is 0 Å². The lowest BCUT2D eigenvalue weighted by Crippen LogP contribution is -2.25. The van der Waals surface area contributed by atoms with Gasteiger partial charge in [0.2, 0.25) is 0 Å². The van der Waals surface area contributed by atoms with E-state index in [1.54, 1.807) is 12.1 Å². The van der Waals surface area contributed by atoms with Crippen molar-refractivity contribution in [1.29, 1.82) is 0 Å². The molecule has 1 fully saturated rings. The highest BCUT2D eigenvalue weighted by Gasteiger charge is 2.32. The standard InChI is InChI=1S/C19H16FNO5/c20-15-7-12(21-8-13(9-22)26-19(21)25)2-3-14(15)11-5-10-1-4-16(23)18(10)17(24)6-11/h2-3,5-7,13,22,24H,1,4,8-9H2/t13-/m1/s1. The van der Waals surface area contributed by atoms with E-state index in [2.05, 4.69) is 0 Å². The molecule has 1 atom stereocenters. The number of hydrogen-bond donors (Lipinski definition) is 2. The molecule has 2 aromatic carbocycles. The fraction of sp³-hybridized carbons (Fsp3) is 0.263. The zero-order valence-electron chi connectivity index (χ0n) is 13.7. The van der Waals surface area contributed by atoms with E-state index in [4.69, 9.17) is 9.84 Å². The molecule has 0 spiro atoms. The number of benzene rings is 2. The van der Waals surface area contributed by atoms with Crippen LogP contribution in [0.4, 0.5) is 14.9 Å². The van der Waals surface area contributed by atoms with E-state index in [0.29, 0.717) is 35.2 Å². The number of aromatic hydroxyl groups is 1. The molecule has 26 heavy (non-hydrogen) atoms. The number of aliphatic hydroxyl groups excluding tert-OH is 1. The molecule has 0 saturated carbocycles. The van der Waals surface area contributed by atoms with Crippen LogP contribution in [0.5, 0.6) is 5.75 Å². The Morgan fingerprint density at radius 2 is 2.00 bits per heavy atom. The van der Waals surface area contributed by atoms with Gasteiger partial charge in [-0.2, -0.15) is 0 Å². The molecule has 1 saturated heterocycles. The van der Waals surface area contributed by atoms with Crippen molar-refractivity contribution in [3.8, 4) is 16.9 Å². The summed E-state index contributed by atoms with van der Waals surface area (Å²) in [4.78, 5) is 24.8. The molecule has 1 amide bonds. The summed E-state index contributed by atoms with van der Waals surface area (Å²) in [5, 5.41) is 19.2. The van der Waals surface area contributed by atoms with E-state index in [9.17, 15) is 19.1 Å². The highest BCUT2D eigenvalue weighted by atomic mass is 19.1. The number of aliphatic hydroxyl groups is 1. The molecule has 4 rings (SSSR count). The molecular formula is C19H16FNO5. The molecule has 0 bridgehead atoms. The van der Waals surface area contributed by atoms with Crippen LogP contribution in [0.25, 0.3) is 11.1 Å². The van der Waals surface area contributed by atoms with Gasteiger partial charge in [-0.15, -0.1) is 0 Å². The second-order valence-electron chi connectivity index (χ2n) is 6.42. The van der Waals surface area contributed by atoms with Gasteiger partial charge in [0.1, 0.15) is 17.7 Å². The molecule has 0 radical (unpaired) electrons. The maximum Gasteiger partial charge on any atom is 0.414 e. The SMILES string of the molecule is O=C1CCc2cc(-c3ccc(N4C[C@H](CO)OC4=O)cc3F)cc(O)c21. The van der Waals surface area contributed by atoms with E-state index in [0.717, 1.165) is 0 Å². The molecular weight excluding hydrogens is 341 g/mol. The number of ketones is 1. The summed E-state index contributed by atoms with van der Waals surface area (Å²) >= 11 is 0. The summed E-state index contributed by atoms with van der Waals surface area (Å²) in [6.07, 6.45) is -0.393. The molecule has 0 unspecified atom stereocenters. The summed E-state index contributed by atoms with van der Waals surface area (Å²) in [6.45, 7) is -0.147. The summed E-state index contributed by atoms with van der Waals surface area (Å²) in [7, 11) is 0. The summed E-state index contributed by atoms with van der Waals surface area (Å²) in [5.74, 6) is -0.811. The van der Waals surface area contributed by atoms with Crippen LogP contribution < -0.4 is 4.90 Å². The number of nitrogens with zero attached hydrogens (tertiary/aromatic N) is 1. The van der Waals surface area contributed by atoms with E-state index >= 15 is 0 Å². The van der Waals surface area contributed by atoms with Crippen molar-refractivity contribution < 1.29 is 28.9 Å². The van der Waals surface area contributed by atoms with E-state index < -0.39 is 18.0 Å².